The Bertz CT molecular complexity index is 653. The van der Waals surface area contributed by atoms with Crippen molar-refractivity contribution in [3.63, 3.8) is 0 Å². The highest BCUT2D eigenvalue weighted by Gasteiger charge is 2.52. The lowest BCUT2D eigenvalue weighted by atomic mass is 9.77. The van der Waals surface area contributed by atoms with Gasteiger partial charge in [-0.2, -0.15) is 16.3 Å². The largest absolute Gasteiger partial charge is 0.344 e. The molecule has 1 spiro atoms. The molecule has 1 unspecified atom stereocenters. The van der Waals surface area contributed by atoms with Crippen LogP contribution in [0.3, 0.4) is 0 Å². The molecule has 4 amide bonds. The minimum absolute atomic E-state index is 0.191. The fourth-order valence-corrected chi connectivity index (χ4v) is 4.23. The molecule has 136 valence electrons. The molecule has 0 bridgehead atoms. The zero-order chi connectivity index (χ0) is 18.0. The summed E-state index contributed by atoms with van der Waals surface area (Å²) >= 11 is 1.62. The Morgan fingerprint density at radius 1 is 1.44 bits per heavy atom. The molecule has 0 aromatic carbocycles. The van der Waals surface area contributed by atoms with E-state index in [0.29, 0.717) is 18.8 Å². The van der Waals surface area contributed by atoms with E-state index in [9.17, 15) is 14.4 Å². The van der Waals surface area contributed by atoms with Crippen LogP contribution in [0.2, 0.25) is 0 Å². The predicted molar refractivity (Wildman–Crippen MR) is 93.7 cm³/mol. The van der Waals surface area contributed by atoms with Gasteiger partial charge in [0.2, 0.25) is 0 Å². The summed E-state index contributed by atoms with van der Waals surface area (Å²) in [4.78, 5) is 38.1. The maximum absolute atomic E-state index is 12.7. The zero-order valence-electron chi connectivity index (χ0n) is 14.6. The Morgan fingerprint density at radius 3 is 2.80 bits per heavy atom. The lowest BCUT2D eigenvalue weighted by molar-refractivity contribution is -0.885. The van der Waals surface area contributed by atoms with Gasteiger partial charge in [0, 0.05) is 5.56 Å². The number of hydrogen-bond acceptors (Lipinski definition) is 4. The second-order valence-electron chi connectivity index (χ2n) is 7.31. The predicted octanol–water partition coefficient (Wildman–Crippen LogP) is 0.295. The van der Waals surface area contributed by atoms with Gasteiger partial charge in [-0.1, -0.05) is 6.92 Å². The van der Waals surface area contributed by atoms with E-state index in [4.69, 9.17) is 0 Å². The van der Waals surface area contributed by atoms with Crippen LogP contribution in [0, 0.1) is 5.92 Å². The van der Waals surface area contributed by atoms with Crippen molar-refractivity contribution in [3.8, 4) is 0 Å². The Kier molecular flexibility index (Phi) is 5.10. The molecule has 1 saturated heterocycles. The van der Waals surface area contributed by atoms with Gasteiger partial charge >= 0.3 is 6.03 Å². The molecule has 3 N–H and O–H groups in total. The molecule has 1 aliphatic carbocycles. The van der Waals surface area contributed by atoms with Crippen LogP contribution in [-0.2, 0) is 16.1 Å². The lowest BCUT2D eigenvalue weighted by Gasteiger charge is -2.33. The summed E-state index contributed by atoms with van der Waals surface area (Å²) < 4.78 is 0. The molecule has 2 fully saturated rings. The van der Waals surface area contributed by atoms with Gasteiger partial charge in [0.25, 0.3) is 11.8 Å². The average molecular weight is 365 g/mol. The van der Waals surface area contributed by atoms with Crippen molar-refractivity contribution in [2.24, 2.45) is 5.92 Å². The van der Waals surface area contributed by atoms with Gasteiger partial charge in [-0.15, -0.1) is 0 Å². The number of carbonyl (C=O) groups excluding carboxylic acids is 3. The van der Waals surface area contributed by atoms with Crippen molar-refractivity contribution in [3.05, 3.63) is 22.4 Å². The number of imide groups is 1. The number of urea groups is 1. The van der Waals surface area contributed by atoms with Gasteiger partial charge in [0.15, 0.2) is 6.54 Å². The monoisotopic (exact) mass is 365 g/mol. The second kappa shape index (κ2) is 7.13. The van der Waals surface area contributed by atoms with Crippen molar-refractivity contribution in [1.29, 1.82) is 0 Å². The number of nitrogens with zero attached hydrogens (tertiary/aromatic N) is 1. The fraction of sp³-hybridized carbons (Fsp3) is 0.588. The molecule has 1 aromatic rings. The standard InChI is InChI=1S/C17H24N4O3S/c1-12-3-6-17(7-4-12)15(23)21(16(24)18-17)19-14(22)10-20(2)9-13-5-8-25-11-13/h5,8,11-12H,3-4,6-7,9-10H2,1-2H3,(H,18,24)(H,19,22)/p+1. The van der Waals surface area contributed by atoms with E-state index in [1.54, 1.807) is 11.3 Å². The normalized spacial score (nSPS) is 27.4. The number of rotatable bonds is 5. The SMILES string of the molecule is CC1CCC2(CC1)NC(=O)N(NC(=O)C[NH+](C)Cc1ccsc1)C2=O. The first kappa shape index (κ1) is 17.9. The van der Waals surface area contributed by atoms with Gasteiger partial charge in [-0.05, 0) is 48.4 Å². The van der Waals surface area contributed by atoms with Gasteiger partial charge in [0.1, 0.15) is 12.1 Å². The topological polar surface area (TPSA) is 83.0 Å². The quantitative estimate of drug-likeness (QED) is 0.656. The summed E-state index contributed by atoms with van der Waals surface area (Å²) in [6.07, 6.45) is 3.07. The Labute approximate surface area is 151 Å². The lowest BCUT2D eigenvalue weighted by Crippen LogP contribution is -3.09. The number of nitrogens with one attached hydrogen (secondary N) is 3. The van der Waals surface area contributed by atoms with E-state index in [-0.39, 0.29) is 18.4 Å². The first-order valence-corrected chi connectivity index (χ1v) is 9.62. The van der Waals surface area contributed by atoms with Crippen LogP contribution in [-0.4, -0.2) is 42.0 Å². The number of amides is 4. The summed E-state index contributed by atoms with van der Waals surface area (Å²) in [6.45, 7) is 3.07. The minimum atomic E-state index is -0.827. The van der Waals surface area contributed by atoms with E-state index in [1.807, 2.05) is 23.9 Å². The highest BCUT2D eigenvalue weighted by molar-refractivity contribution is 7.07. The summed E-state index contributed by atoms with van der Waals surface area (Å²) in [5.41, 5.74) is 2.83. The van der Waals surface area contributed by atoms with Gasteiger partial charge in [0.05, 0.1) is 7.05 Å². The highest BCUT2D eigenvalue weighted by atomic mass is 32.1. The molecule has 7 nitrogen and oxygen atoms in total. The molecular formula is C17H25N4O3S+. The van der Waals surface area contributed by atoms with E-state index in [1.165, 1.54) is 5.56 Å². The smallest absolute Gasteiger partial charge is 0.326 e. The summed E-state index contributed by atoms with van der Waals surface area (Å²) in [5.74, 6) is -0.0981. The van der Waals surface area contributed by atoms with Crippen LogP contribution in [0.5, 0.6) is 0 Å². The van der Waals surface area contributed by atoms with Gasteiger partial charge < -0.3 is 10.2 Å². The van der Waals surface area contributed by atoms with Crippen LogP contribution in [0.1, 0.15) is 38.2 Å². The molecule has 1 saturated carbocycles. The van der Waals surface area contributed by atoms with Crippen LogP contribution in [0.4, 0.5) is 4.79 Å². The zero-order valence-corrected chi connectivity index (χ0v) is 15.4. The number of quaternary nitrogens is 1. The van der Waals surface area contributed by atoms with Crippen LogP contribution < -0.4 is 15.6 Å². The Morgan fingerprint density at radius 2 is 2.16 bits per heavy atom. The molecule has 2 aliphatic rings. The molecule has 1 aliphatic heterocycles. The number of carbonyl (C=O) groups is 3. The molecule has 0 radical (unpaired) electrons. The van der Waals surface area contributed by atoms with Crippen molar-refractivity contribution in [1.82, 2.24) is 15.8 Å². The maximum atomic E-state index is 12.7. The van der Waals surface area contributed by atoms with Crippen LogP contribution in [0.25, 0.3) is 0 Å². The maximum Gasteiger partial charge on any atom is 0.344 e. The fourth-order valence-electron chi connectivity index (χ4n) is 3.56. The highest BCUT2D eigenvalue weighted by Crippen LogP contribution is 2.35. The number of hydrogen-bond donors (Lipinski definition) is 3. The first-order valence-electron chi connectivity index (χ1n) is 8.68. The summed E-state index contributed by atoms with van der Waals surface area (Å²) in [7, 11) is 1.91. The number of likely N-dealkylation sites (N-methyl/N-ethyl adjacent to an activating group) is 1. The molecule has 3 rings (SSSR count). The van der Waals surface area contributed by atoms with Crippen molar-refractivity contribution in [2.75, 3.05) is 13.6 Å². The second-order valence-corrected chi connectivity index (χ2v) is 8.09. The number of hydrazine groups is 1. The number of thiophene rings is 1. The molecule has 8 heteroatoms. The molecular weight excluding hydrogens is 340 g/mol. The molecule has 1 atom stereocenters. The van der Waals surface area contributed by atoms with E-state index >= 15 is 0 Å². The van der Waals surface area contributed by atoms with Crippen LogP contribution >= 0.6 is 11.3 Å². The third kappa shape index (κ3) is 3.85. The Balaban J connectivity index is 1.56. The summed E-state index contributed by atoms with van der Waals surface area (Å²) in [6, 6.07) is 1.50. The van der Waals surface area contributed by atoms with Crippen LogP contribution in [0.15, 0.2) is 16.8 Å². The van der Waals surface area contributed by atoms with E-state index in [2.05, 4.69) is 17.7 Å². The average Bonchev–Trinajstić information content (AvgIpc) is 3.13. The minimum Gasteiger partial charge on any atom is -0.326 e. The third-order valence-corrected chi connectivity index (χ3v) is 5.81. The van der Waals surface area contributed by atoms with Crippen molar-refractivity contribution >= 4 is 29.2 Å². The van der Waals surface area contributed by atoms with Gasteiger partial charge in [-0.3, -0.25) is 15.0 Å². The summed E-state index contributed by atoms with van der Waals surface area (Å²) in [5, 5.41) is 7.72. The van der Waals surface area contributed by atoms with Crippen molar-refractivity contribution < 1.29 is 19.3 Å². The van der Waals surface area contributed by atoms with E-state index in [0.717, 1.165) is 29.3 Å². The van der Waals surface area contributed by atoms with Crippen molar-refractivity contribution in [2.45, 2.75) is 44.7 Å². The van der Waals surface area contributed by atoms with Gasteiger partial charge in [-0.25, -0.2) is 4.79 Å². The molecule has 25 heavy (non-hydrogen) atoms. The van der Waals surface area contributed by atoms with E-state index < -0.39 is 11.6 Å². The third-order valence-electron chi connectivity index (χ3n) is 5.07. The first-order chi connectivity index (χ1) is 11.9. The molecule has 2 heterocycles. The molecule has 1 aromatic heterocycles. The Hall–Kier alpha value is -1.93.